The fourth-order valence-electron chi connectivity index (χ4n) is 3.16. The summed E-state index contributed by atoms with van der Waals surface area (Å²) in [5.41, 5.74) is 0.489. The highest BCUT2D eigenvalue weighted by molar-refractivity contribution is 5.78. The van der Waals surface area contributed by atoms with E-state index in [1.54, 1.807) is 19.1 Å². The molecule has 3 rings (SSSR count). The molecule has 1 fully saturated rings. The highest BCUT2D eigenvalue weighted by Crippen LogP contribution is 2.14. The van der Waals surface area contributed by atoms with Gasteiger partial charge in [-0.1, -0.05) is 18.2 Å². The van der Waals surface area contributed by atoms with Gasteiger partial charge in [-0.15, -0.1) is 0 Å². The number of para-hydroxylation sites is 1. The van der Waals surface area contributed by atoms with Crippen molar-refractivity contribution < 1.29 is 14.6 Å². The summed E-state index contributed by atoms with van der Waals surface area (Å²) in [4.78, 5) is 32.8. The van der Waals surface area contributed by atoms with E-state index in [0.29, 0.717) is 43.3 Å². The van der Waals surface area contributed by atoms with E-state index in [2.05, 4.69) is 20.2 Å². The monoisotopic (exact) mass is 372 g/mol. The number of benzene rings is 1. The van der Waals surface area contributed by atoms with Crippen molar-refractivity contribution >= 4 is 5.91 Å². The molecule has 0 aliphatic carbocycles. The van der Waals surface area contributed by atoms with Gasteiger partial charge < -0.3 is 20.1 Å². The lowest BCUT2D eigenvalue weighted by Crippen LogP contribution is -2.55. The zero-order valence-electron chi connectivity index (χ0n) is 15.2. The largest absolute Gasteiger partial charge is 0.484 e. The van der Waals surface area contributed by atoms with Crippen molar-refractivity contribution in [3.8, 4) is 5.75 Å². The number of amides is 1. The average Bonchev–Trinajstić information content (AvgIpc) is 2.63. The molecule has 0 spiro atoms. The summed E-state index contributed by atoms with van der Waals surface area (Å²) >= 11 is 0. The van der Waals surface area contributed by atoms with Crippen molar-refractivity contribution in [3.63, 3.8) is 0 Å². The molecule has 1 saturated heterocycles. The molecule has 2 heterocycles. The number of hydrogen-bond donors (Lipinski definition) is 3. The molecule has 1 aromatic heterocycles. The number of aryl methyl sites for hydroxylation is 1. The molecular formula is C19H24N4O4. The normalized spacial score (nSPS) is 20.2. The van der Waals surface area contributed by atoms with Gasteiger partial charge in [0.15, 0.2) is 6.61 Å². The molecule has 0 saturated carbocycles. The van der Waals surface area contributed by atoms with Gasteiger partial charge in [-0.2, -0.15) is 0 Å². The van der Waals surface area contributed by atoms with Gasteiger partial charge in [-0.05, 0) is 25.5 Å². The standard InChI is InChI=1S/C19H24N4O4/c1-13-20-14(9-18(25)21-13)10-23-8-7-17(24)16(11-23)22-19(26)12-27-15-5-3-2-4-6-15/h2-6,9,16-17,24H,7-8,10-12H2,1H3,(H,22,26)(H,20,21,25)/t16-,17-/m1/s1. The van der Waals surface area contributed by atoms with Crippen LogP contribution < -0.4 is 15.6 Å². The Balaban J connectivity index is 1.53. The van der Waals surface area contributed by atoms with Gasteiger partial charge in [0.05, 0.1) is 17.8 Å². The number of aliphatic hydroxyl groups is 1. The number of piperidine rings is 1. The first kappa shape index (κ1) is 19.1. The van der Waals surface area contributed by atoms with Crippen LogP contribution in [0.4, 0.5) is 0 Å². The first-order chi connectivity index (χ1) is 13.0. The van der Waals surface area contributed by atoms with Crippen molar-refractivity contribution in [1.29, 1.82) is 0 Å². The number of aliphatic hydroxyl groups excluding tert-OH is 1. The number of carbonyl (C=O) groups is 1. The molecule has 27 heavy (non-hydrogen) atoms. The summed E-state index contributed by atoms with van der Waals surface area (Å²) in [6.07, 6.45) is -0.0806. The van der Waals surface area contributed by atoms with Crippen molar-refractivity contribution in [2.24, 2.45) is 0 Å². The summed E-state index contributed by atoms with van der Waals surface area (Å²) in [6, 6.07) is 10.2. The number of carbonyl (C=O) groups excluding carboxylic acids is 1. The van der Waals surface area contributed by atoms with Crippen LogP contribution in [0.25, 0.3) is 0 Å². The molecule has 2 atom stereocenters. The van der Waals surface area contributed by atoms with E-state index in [0.717, 1.165) is 0 Å². The number of nitrogens with one attached hydrogen (secondary N) is 2. The molecule has 0 unspecified atom stereocenters. The molecule has 8 heteroatoms. The van der Waals surface area contributed by atoms with Gasteiger partial charge >= 0.3 is 0 Å². The fourth-order valence-corrected chi connectivity index (χ4v) is 3.16. The maximum Gasteiger partial charge on any atom is 0.258 e. The van der Waals surface area contributed by atoms with Gasteiger partial charge in [0.25, 0.3) is 11.5 Å². The predicted octanol–water partition coefficient (Wildman–Crippen LogP) is 0.209. The lowest BCUT2D eigenvalue weighted by atomic mass is 10.0. The van der Waals surface area contributed by atoms with Crippen molar-refractivity contribution in [2.45, 2.75) is 32.0 Å². The second-order valence-corrected chi connectivity index (χ2v) is 6.69. The number of nitrogens with zero attached hydrogens (tertiary/aromatic N) is 2. The van der Waals surface area contributed by atoms with Crippen LogP contribution in [0.2, 0.25) is 0 Å². The second kappa shape index (κ2) is 8.79. The van der Waals surface area contributed by atoms with E-state index in [1.807, 2.05) is 18.2 Å². The van der Waals surface area contributed by atoms with Crippen molar-refractivity contribution in [3.05, 3.63) is 58.3 Å². The molecule has 1 aliphatic heterocycles. The Bertz CT molecular complexity index is 824. The number of rotatable bonds is 6. The lowest BCUT2D eigenvalue weighted by Gasteiger charge is -2.36. The molecule has 0 radical (unpaired) electrons. The molecule has 1 aliphatic rings. The van der Waals surface area contributed by atoms with Gasteiger partial charge in [-0.25, -0.2) is 4.98 Å². The van der Waals surface area contributed by atoms with Crippen LogP contribution in [0.1, 0.15) is 17.9 Å². The van der Waals surface area contributed by atoms with Crippen LogP contribution in [0.15, 0.2) is 41.2 Å². The van der Waals surface area contributed by atoms with Crippen LogP contribution in [0, 0.1) is 6.92 Å². The molecule has 8 nitrogen and oxygen atoms in total. The third-order valence-electron chi connectivity index (χ3n) is 4.42. The minimum Gasteiger partial charge on any atom is -0.484 e. The van der Waals surface area contributed by atoms with Gasteiger partial charge in [0, 0.05) is 25.7 Å². The van der Waals surface area contributed by atoms with E-state index in [9.17, 15) is 14.7 Å². The van der Waals surface area contributed by atoms with E-state index in [4.69, 9.17) is 4.74 Å². The Morgan fingerprint density at radius 2 is 2.19 bits per heavy atom. The van der Waals surface area contributed by atoms with Crippen LogP contribution in [0.3, 0.4) is 0 Å². The molecule has 3 N–H and O–H groups in total. The minimum atomic E-state index is -0.615. The third-order valence-corrected chi connectivity index (χ3v) is 4.42. The maximum absolute atomic E-state index is 12.2. The zero-order chi connectivity index (χ0) is 19.2. The SMILES string of the molecule is Cc1nc(CN2CC[C@@H](O)[C@H](NC(=O)COc3ccccc3)C2)cc(=O)[nH]1. The van der Waals surface area contributed by atoms with E-state index in [1.165, 1.54) is 6.07 Å². The van der Waals surface area contributed by atoms with Crippen molar-refractivity contribution in [2.75, 3.05) is 19.7 Å². The summed E-state index contributed by atoms with van der Waals surface area (Å²) in [6.45, 7) is 3.26. The molecule has 0 bridgehead atoms. The Hall–Kier alpha value is -2.71. The molecule has 1 amide bonds. The smallest absolute Gasteiger partial charge is 0.258 e. The van der Waals surface area contributed by atoms with E-state index >= 15 is 0 Å². The minimum absolute atomic E-state index is 0.109. The molecule has 2 aromatic rings. The zero-order valence-corrected chi connectivity index (χ0v) is 15.2. The molecule has 144 valence electrons. The summed E-state index contributed by atoms with van der Waals surface area (Å²) < 4.78 is 5.44. The lowest BCUT2D eigenvalue weighted by molar-refractivity contribution is -0.125. The number of hydrogen-bond acceptors (Lipinski definition) is 6. The van der Waals surface area contributed by atoms with E-state index < -0.39 is 12.1 Å². The summed E-state index contributed by atoms with van der Waals surface area (Å²) in [7, 11) is 0. The molecular weight excluding hydrogens is 348 g/mol. The Morgan fingerprint density at radius 3 is 2.93 bits per heavy atom. The van der Waals surface area contributed by atoms with Crippen molar-refractivity contribution in [1.82, 2.24) is 20.2 Å². The highest BCUT2D eigenvalue weighted by atomic mass is 16.5. The first-order valence-corrected chi connectivity index (χ1v) is 8.94. The van der Waals surface area contributed by atoms with Gasteiger partial charge in [0.2, 0.25) is 0 Å². The number of likely N-dealkylation sites (tertiary alicyclic amines) is 1. The quantitative estimate of drug-likeness (QED) is 0.669. The number of H-pyrrole nitrogens is 1. The average molecular weight is 372 g/mol. The summed E-state index contributed by atoms with van der Waals surface area (Å²) in [5.74, 6) is 0.904. The van der Waals surface area contributed by atoms with Crippen LogP contribution in [0.5, 0.6) is 5.75 Å². The number of aromatic nitrogens is 2. The molecule has 1 aromatic carbocycles. The Morgan fingerprint density at radius 1 is 1.41 bits per heavy atom. The summed E-state index contributed by atoms with van der Waals surface area (Å²) in [5, 5.41) is 13.1. The first-order valence-electron chi connectivity index (χ1n) is 8.94. The van der Waals surface area contributed by atoms with E-state index in [-0.39, 0.29) is 18.1 Å². The van der Waals surface area contributed by atoms with Gasteiger partial charge in [0.1, 0.15) is 11.6 Å². The van der Waals surface area contributed by atoms with Gasteiger partial charge in [-0.3, -0.25) is 14.5 Å². The fraction of sp³-hybridized carbons (Fsp3) is 0.421. The third kappa shape index (κ3) is 5.63. The highest BCUT2D eigenvalue weighted by Gasteiger charge is 2.29. The van der Waals surface area contributed by atoms with Crippen LogP contribution in [-0.2, 0) is 11.3 Å². The van der Waals surface area contributed by atoms with Crippen LogP contribution in [-0.4, -0.2) is 57.7 Å². The predicted molar refractivity (Wildman–Crippen MR) is 99.4 cm³/mol. The topological polar surface area (TPSA) is 108 Å². The maximum atomic E-state index is 12.2. The van der Waals surface area contributed by atoms with Crippen LogP contribution >= 0.6 is 0 Å². The second-order valence-electron chi connectivity index (χ2n) is 6.69. The Labute approximate surface area is 157 Å². The number of aromatic amines is 1. The number of ether oxygens (including phenoxy) is 1. The Kier molecular flexibility index (Phi) is 6.20.